The Morgan fingerprint density at radius 2 is 1.47 bits per heavy atom. The van der Waals surface area contributed by atoms with Crippen LogP contribution in [0.25, 0.3) is 0 Å². The van der Waals surface area contributed by atoms with Crippen molar-refractivity contribution < 1.29 is 4.74 Å². The van der Waals surface area contributed by atoms with E-state index in [1.165, 1.54) is 5.56 Å². The highest BCUT2D eigenvalue weighted by Gasteiger charge is 2.00. The summed E-state index contributed by atoms with van der Waals surface area (Å²) in [5.41, 5.74) is 7.60. The Labute approximate surface area is 117 Å². The lowest BCUT2D eigenvalue weighted by Gasteiger charge is -2.08. The molecular weight excluding hydrogens is 234 g/mol. The first-order chi connectivity index (χ1) is 9.25. The number of anilines is 1. The van der Waals surface area contributed by atoms with Gasteiger partial charge in [0.05, 0.1) is 5.69 Å². The molecule has 0 amide bonds. The highest BCUT2D eigenvalue weighted by molar-refractivity contribution is 5.53. The average Bonchev–Trinajstić information content (AvgIpc) is 2.46. The summed E-state index contributed by atoms with van der Waals surface area (Å²) in [5, 5.41) is 0. The molecule has 2 rings (SSSR count). The highest BCUT2D eigenvalue weighted by atomic mass is 16.5. The molecule has 2 nitrogen and oxygen atoms in total. The normalized spacial score (nSPS) is 8.47. The zero-order valence-electron chi connectivity index (χ0n) is 12.6. The maximum absolute atomic E-state index is 5.78. The Kier molecular flexibility index (Phi) is 8.98. The first kappa shape index (κ1) is 17.0. The summed E-state index contributed by atoms with van der Waals surface area (Å²) < 4.78 is 5.66. The quantitative estimate of drug-likeness (QED) is 0.731. The van der Waals surface area contributed by atoms with Crippen LogP contribution in [0.3, 0.4) is 0 Å². The molecule has 0 saturated carbocycles. The van der Waals surface area contributed by atoms with Gasteiger partial charge < -0.3 is 10.5 Å². The third-order valence-corrected chi connectivity index (χ3v) is 2.14. The van der Waals surface area contributed by atoms with E-state index in [9.17, 15) is 0 Å². The number of aryl methyl sites for hydroxylation is 1. The number of ether oxygens (including phenoxy) is 1. The molecule has 19 heavy (non-hydrogen) atoms. The van der Waals surface area contributed by atoms with Crippen LogP contribution in [0.4, 0.5) is 5.69 Å². The Hall–Kier alpha value is -1.96. The number of nitrogen functional groups attached to an aromatic ring is 1. The fourth-order valence-electron chi connectivity index (χ4n) is 1.38. The number of hydrogen-bond acceptors (Lipinski definition) is 2. The van der Waals surface area contributed by atoms with E-state index < -0.39 is 0 Å². The van der Waals surface area contributed by atoms with Crippen molar-refractivity contribution in [2.45, 2.75) is 34.6 Å². The number of nitrogens with two attached hydrogens (primary N) is 1. The van der Waals surface area contributed by atoms with Crippen LogP contribution in [0.15, 0.2) is 48.5 Å². The monoisotopic (exact) mass is 259 g/mol. The topological polar surface area (TPSA) is 35.2 Å². The SMILES string of the molecule is CC.CC.Cc1cccc(Oc2ccccc2N)c1. The molecule has 0 radical (unpaired) electrons. The van der Waals surface area contributed by atoms with Gasteiger partial charge in [0, 0.05) is 0 Å². The zero-order chi connectivity index (χ0) is 14.7. The number of para-hydroxylation sites is 2. The lowest BCUT2D eigenvalue weighted by molar-refractivity contribution is 0.484. The minimum atomic E-state index is 0.652. The van der Waals surface area contributed by atoms with Gasteiger partial charge in [-0.3, -0.25) is 0 Å². The van der Waals surface area contributed by atoms with Gasteiger partial charge in [0.1, 0.15) is 11.5 Å². The predicted molar refractivity (Wildman–Crippen MR) is 84.8 cm³/mol. The highest BCUT2D eigenvalue weighted by Crippen LogP contribution is 2.26. The first-order valence-corrected chi connectivity index (χ1v) is 6.85. The summed E-state index contributed by atoms with van der Waals surface area (Å²) in [5.74, 6) is 1.51. The van der Waals surface area contributed by atoms with Gasteiger partial charge in [-0.25, -0.2) is 0 Å². The van der Waals surface area contributed by atoms with Gasteiger partial charge in [-0.2, -0.15) is 0 Å². The third-order valence-electron chi connectivity index (χ3n) is 2.14. The second-order valence-electron chi connectivity index (χ2n) is 3.46. The van der Waals surface area contributed by atoms with Gasteiger partial charge >= 0.3 is 0 Å². The van der Waals surface area contributed by atoms with Crippen molar-refractivity contribution in [3.05, 3.63) is 54.1 Å². The van der Waals surface area contributed by atoms with Gasteiger partial charge in [0.2, 0.25) is 0 Å². The summed E-state index contributed by atoms with van der Waals surface area (Å²) in [6.07, 6.45) is 0. The van der Waals surface area contributed by atoms with Crippen molar-refractivity contribution in [1.29, 1.82) is 0 Å². The van der Waals surface area contributed by atoms with Crippen LogP contribution in [0.5, 0.6) is 11.5 Å². The van der Waals surface area contributed by atoms with Crippen LogP contribution in [0, 0.1) is 6.92 Å². The number of rotatable bonds is 2. The van der Waals surface area contributed by atoms with E-state index in [0.29, 0.717) is 11.4 Å². The molecule has 0 aliphatic rings. The van der Waals surface area contributed by atoms with Crippen molar-refractivity contribution in [3.63, 3.8) is 0 Å². The molecule has 2 aromatic rings. The molecule has 2 aromatic carbocycles. The Balaban J connectivity index is 0.000000741. The Morgan fingerprint density at radius 1 is 0.842 bits per heavy atom. The molecule has 0 aliphatic heterocycles. The van der Waals surface area contributed by atoms with Crippen molar-refractivity contribution in [2.75, 3.05) is 5.73 Å². The van der Waals surface area contributed by atoms with Crippen LogP contribution in [0.1, 0.15) is 33.3 Å². The molecule has 0 atom stereocenters. The largest absolute Gasteiger partial charge is 0.455 e. The van der Waals surface area contributed by atoms with E-state index in [1.54, 1.807) is 0 Å². The van der Waals surface area contributed by atoms with Crippen LogP contribution >= 0.6 is 0 Å². The lowest BCUT2D eigenvalue weighted by Crippen LogP contribution is -1.91. The van der Waals surface area contributed by atoms with E-state index >= 15 is 0 Å². The predicted octanol–water partition coefficient (Wildman–Crippen LogP) is 5.42. The molecule has 2 heteroatoms. The van der Waals surface area contributed by atoms with Gasteiger partial charge in [-0.1, -0.05) is 52.0 Å². The van der Waals surface area contributed by atoms with Crippen molar-refractivity contribution in [3.8, 4) is 11.5 Å². The average molecular weight is 259 g/mol. The molecule has 0 unspecified atom stereocenters. The molecular formula is C17H25NO. The number of hydrogen-bond donors (Lipinski definition) is 1. The Bertz CT molecular complexity index is 466. The van der Waals surface area contributed by atoms with E-state index in [2.05, 4.69) is 0 Å². The maximum Gasteiger partial charge on any atom is 0.150 e. The van der Waals surface area contributed by atoms with E-state index in [1.807, 2.05) is 83.1 Å². The van der Waals surface area contributed by atoms with E-state index in [-0.39, 0.29) is 0 Å². The molecule has 0 heterocycles. The van der Waals surface area contributed by atoms with Gasteiger partial charge in [-0.15, -0.1) is 0 Å². The fourth-order valence-corrected chi connectivity index (χ4v) is 1.38. The summed E-state index contributed by atoms with van der Waals surface area (Å²) in [4.78, 5) is 0. The minimum Gasteiger partial charge on any atom is -0.455 e. The first-order valence-electron chi connectivity index (χ1n) is 6.85. The van der Waals surface area contributed by atoms with E-state index in [0.717, 1.165) is 5.75 Å². The van der Waals surface area contributed by atoms with Gasteiger partial charge in [-0.05, 0) is 36.8 Å². The molecule has 2 N–H and O–H groups in total. The molecule has 0 saturated heterocycles. The minimum absolute atomic E-state index is 0.652. The molecule has 0 fully saturated rings. The Morgan fingerprint density at radius 3 is 2.05 bits per heavy atom. The molecule has 0 bridgehead atoms. The third kappa shape index (κ3) is 5.96. The van der Waals surface area contributed by atoms with Crippen LogP contribution in [-0.4, -0.2) is 0 Å². The molecule has 0 aliphatic carbocycles. The van der Waals surface area contributed by atoms with E-state index in [4.69, 9.17) is 10.5 Å². The zero-order valence-corrected chi connectivity index (χ0v) is 12.6. The second kappa shape index (κ2) is 10.0. The van der Waals surface area contributed by atoms with Crippen molar-refractivity contribution >= 4 is 5.69 Å². The van der Waals surface area contributed by atoms with Crippen molar-refractivity contribution in [2.24, 2.45) is 0 Å². The molecule has 0 spiro atoms. The summed E-state index contributed by atoms with van der Waals surface area (Å²) in [6, 6.07) is 15.4. The second-order valence-corrected chi connectivity index (χ2v) is 3.46. The van der Waals surface area contributed by atoms with Gasteiger partial charge in [0.25, 0.3) is 0 Å². The van der Waals surface area contributed by atoms with Gasteiger partial charge in [0.15, 0.2) is 0 Å². The van der Waals surface area contributed by atoms with Crippen LogP contribution < -0.4 is 10.5 Å². The molecule has 0 aromatic heterocycles. The lowest BCUT2D eigenvalue weighted by atomic mass is 10.2. The van der Waals surface area contributed by atoms with Crippen LogP contribution in [-0.2, 0) is 0 Å². The van der Waals surface area contributed by atoms with Crippen molar-refractivity contribution in [1.82, 2.24) is 0 Å². The van der Waals surface area contributed by atoms with Crippen LogP contribution in [0.2, 0.25) is 0 Å². The maximum atomic E-state index is 5.78. The summed E-state index contributed by atoms with van der Waals surface area (Å²) >= 11 is 0. The molecule has 104 valence electrons. The smallest absolute Gasteiger partial charge is 0.150 e. The standard InChI is InChI=1S/C13H13NO.2C2H6/c1-10-5-4-6-11(9-10)15-13-8-3-2-7-12(13)14;2*1-2/h2-9H,14H2,1H3;2*1-2H3. The number of benzene rings is 2. The summed E-state index contributed by atoms with van der Waals surface area (Å²) in [7, 11) is 0. The summed E-state index contributed by atoms with van der Waals surface area (Å²) in [6.45, 7) is 10.0. The fraction of sp³-hybridized carbons (Fsp3) is 0.294.